The Kier molecular flexibility index (Phi) is 6.51. The number of benzene rings is 1. The molecule has 1 aromatic heterocycles. The molecule has 0 fully saturated rings. The number of anilines is 1. The molecule has 0 spiro atoms. The van der Waals surface area contributed by atoms with Crippen molar-refractivity contribution in [2.45, 2.75) is 20.4 Å². The maximum atomic E-state index is 11.7. The molecular weight excluding hydrogens is 326 g/mol. The van der Waals surface area contributed by atoms with Crippen LogP contribution < -0.4 is 10.6 Å². The fourth-order valence-corrected chi connectivity index (χ4v) is 2.53. The molecule has 0 saturated carbocycles. The normalized spacial score (nSPS) is 11.0. The second-order valence-corrected chi connectivity index (χ2v) is 6.10. The highest BCUT2D eigenvalue weighted by Gasteiger charge is 2.04. The Morgan fingerprint density at radius 3 is 2.54 bits per heavy atom. The third-order valence-electron chi connectivity index (χ3n) is 3.06. The maximum absolute atomic E-state index is 11.7. The number of rotatable bonds is 7. The van der Waals surface area contributed by atoms with E-state index >= 15 is 0 Å². The number of nitrogens with zero attached hydrogens (tertiary/aromatic N) is 1. The summed E-state index contributed by atoms with van der Waals surface area (Å²) in [6, 6.07) is 11.1. The van der Waals surface area contributed by atoms with Crippen LogP contribution in [0.3, 0.4) is 0 Å². The lowest BCUT2D eigenvalue weighted by Crippen LogP contribution is -2.26. The summed E-state index contributed by atoms with van der Waals surface area (Å²) in [5.74, 6) is -0.342. The van der Waals surface area contributed by atoms with Crippen molar-refractivity contribution in [2.75, 3.05) is 11.9 Å². The lowest BCUT2D eigenvalue weighted by molar-refractivity contribution is -0.125. The van der Waals surface area contributed by atoms with Gasteiger partial charge in [-0.2, -0.15) is 0 Å². The lowest BCUT2D eigenvalue weighted by Gasteiger charge is -2.05. The molecule has 0 aliphatic rings. The smallest absolute Gasteiger partial charge is 0.261 e. The largest absolute Gasteiger partial charge is 0.385 e. The second-order valence-electron chi connectivity index (χ2n) is 5.06. The second kappa shape index (κ2) is 8.83. The van der Waals surface area contributed by atoms with E-state index in [0.29, 0.717) is 17.9 Å². The van der Waals surface area contributed by atoms with Gasteiger partial charge < -0.3 is 15.5 Å². The molecule has 0 aliphatic heterocycles. The Bertz CT molecular complexity index is 709. The Hall–Kier alpha value is -2.67. The number of hydrogen-bond acceptors (Lipinski definition) is 5. The van der Waals surface area contributed by atoms with Gasteiger partial charge in [-0.05, 0) is 36.1 Å². The molecule has 0 aliphatic carbocycles. The van der Waals surface area contributed by atoms with Crippen LogP contribution in [0.25, 0.3) is 0 Å². The molecule has 2 aromatic rings. The van der Waals surface area contributed by atoms with E-state index in [4.69, 9.17) is 4.84 Å². The lowest BCUT2D eigenvalue weighted by atomic mass is 10.1. The third kappa shape index (κ3) is 5.85. The van der Waals surface area contributed by atoms with E-state index in [-0.39, 0.29) is 18.4 Å². The zero-order chi connectivity index (χ0) is 17.4. The van der Waals surface area contributed by atoms with Crippen molar-refractivity contribution in [3.05, 3.63) is 52.2 Å². The van der Waals surface area contributed by atoms with Gasteiger partial charge in [-0.1, -0.05) is 23.4 Å². The summed E-state index contributed by atoms with van der Waals surface area (Å²) in [6.07, 6.45) is 0. The summed E-state index contributed by atoms with van der Waals surface area (Å²) in [5, 5.41) is 11.4. The van der Waals surface area contributed by atoms with Gasteiger partial charge in [0.25, 0.3) is 5.91 Å². The Balaban J connectivity index is 1.78. The van der Waals surface area contributed by atoms with Crippen LogP contribution in [0.4, 0.5) is 5.69 Å². The Labute approximate surface area is 144 Å². The molecule has 2 rings (SSSR count). The first-order valence-corrected chi connectivity index (χ1v) is 8.26. The highest BCUT2D eigenvalue weighted by Crippen LogP contribution is 2.10. The van der Waals surface area contributed by atoms with Gasteiger partial charge in [0.15, 0.2) is 6.61 Å². The molecule has 6 nitrogen and oxygen atoms in total. The molecule has 2 amide bonds. The number of carbonyl (C=O) groups excluding carboxylic acids is 2. The van der Waals surface area contributed by atoms with E-state index in [1.165, 1.54) is 6.92 Å². The van der Waals surface area contributed by atoms with Crippen LogP contribution in [-0.4, -0.2) is 24.1 Å². The minimum atomic E-state index is -0.221. The fourth-order valence-electron chi connectivity index (χ4n) is 1.89. The van der Waals surface area contributed by atoms with Crippen molar-refractivity contribution in [3.63, 3.8) is 0 Å². The number of carbonyl (C=O) groups is 2. The van der Waals surface area contributed by atoms with Crippen molar-refractivity contribution >= 4 is 34.6 Å². The van der Waals surface area contributed by atoms with Gasteiger partial charge >= 0.3 is 0 Å². The molecule has 1 aromatic carbocycles. The van der Waals surface area contributed by atoms with E-state index < -0.39 is 0 Å². The molecule has 2 N–H and O–H groups in total. The van der Waals surface area contributed by atoms with Gasteiger partial charge in [0.2, 0.25) is 5.91 Å². The van der Waals surface area contributed by atoms with Gasteiger partial charge in [0.05, 0.1) is 12.3 Å². The quantitative estimate of drug-likeness (QED) is 0.598. The Morgan fingerprint density at radius 1 is 1.17 bits per heavy atom. The van der Waals surface area contributed by atoms with Gasteiger partial charge in [-0.3, -0.25) is 9.59 Å². The van der Waals surface area contributed by atoms with Crippen molar-refractivity contribution in [1.82, 2.24) is 5.32 Å². The number of nitrogens with one attached hydrogen (secondary N) is 2. The molecule has 126 valence electrons. The van der Waals surface area contributed by atoms with E-state index in [1.54, 1.807) is 30.4 Å². The molecule has 24 heavy (non-hydrogen) atoms. The van der Waals surface area contributed by atoms with E-state index in [0.717, 1.165) is 10.4 Å². The van der Waals surface area contributed by atoms with E-state index in [2.05, 4.69) is 15.8 Å². The third-order valence-corrected chi connectivity index (χ3v) is 3.94. The monoisotopic (exact) mass is 345 g/mol. The Morgan fingerprint density at radius 2 is 1.92 bits per heavy atom. The summed E-state index contributed by atoms with van der Waals surface area (Å²) in [4.78, 5) is 28.8. The van der Waals surface area contributed by atoms with Crippen LogP contribution in [0.1, 0.15) is 24.3 Å². The molecular formula is C17H19N3O3S. The summed E-state index contributed by atoms with van der Waals surface area (Å²) in [7, 11) is 0. The van der Waals surface area contributed by atoms with E-state index in [1.807, 2.05) is 29.6 Å². The zero-order valence-corrected chi connectivity index (χ0v) is 14.4. The predicted octanol–water partition coefficient (Wildman–Crippen LogP) is 2.76. The van der Waals surface area contributed by atoms with Crippen molar-refractivity contribution in [1.29, 1.82) is 0 Å². The molecule has 1 heterocycles. The predicted molar refractivity (Wildman–Crippen MR) is 95.1 cm³/mol. The van der Waals surface area contributed by atoms with Crippen LogP contribution in [0.2, 0.25) is 0 Å². The number of oxime groups is 1. The standard InChI is InChI=1S/C17H19N3O3S/c1-12(14-5-7-15(8-6-14)19-13(2)21)20-23-11-17(22)18-10-16-4-3-9-24-16/h3-9H,10-11H2,1-2H3,(H,18,22)(H,19,21)/b20-12+. The summed E-state index contributed by atoms with van der Waals surface area (Å²) >= 11 is 1.59. The fraction of sp³-hybridized carbons (Fsp3) is 0.235. The molecule has 0 atom stereocenters. The average molecular weight is 345 g/mol. The van der Waals surface area contributed by atoms with Gasteiger partial charge in [0.1, 0.15) is 0 Å². The highest BCUT2D eigenvalue weighted by molar-refractivity contribution is 7.09. The van der Waals surface area contributed by atoms with Gasteiger partial charge in [-0.15, -0.1) is 11.3 Å². The van der Waals surface area contributed by atoms with Crippen molar-refractivity contribution in [2.24, 2.45) is 5.16 Å². The van der Waals surface area contributed by atoms with Crippen LogP contribution in [-0.2, 0) is 21.0 Å². The SMILES string of the molecule is CC(=O)Nc1ccc(/C(C)=N/OCC(=O)NCc2cccs2)cc1. The highest BCUT2D eigenvalue weighted by atomic mass is 32.1. The summed E-state index contributed by atoms with van der Waals surface area (Å²) < 4.78 is 0. The van der Waals surface area contributed by atoms with Gasteiger partial charge in [-0.25, -0.2) is 0 Å². The van der Waals surface area contributed by atoms with Crippen LogP contribution in [0.15, 0.2) is 46.9 Å². The minimum Gasteiger partial charge on any atom is -0.385 e. The zero-order valence-electron chi connectivity index (χ0n) is 13.5. The maximum Gasteiger partial charge on any atom is 0.261 e. The first-order chi connectivity index (χ1) is 11.5. The molecule has 7 heteroatoms. The van der Waals surface area contributed by atoms with Crippen molar-refractivity contribution < 1.29 is 14.4 Å². The van der Waals surface area contributed by atoms with Gasteiger partial charge in [0, 0.05) is 17.5 Å². The average Bonchev–Trinajstić information content (AvgIpc) is 3.06. The molecule has 0 radical (unpaired) electrons. The number of amides is 2. The molecule has 0 bridgehead atoms. The minimum absolute atomic E-state index is 0.120. The number of hydrogen-bond donors (Lipinski definition) is 2. The first-order valence-electron chi connectivity index (χ1n) is 7.38. The summed E-state index contributed by atoms with van der Waals surface area (Å²) in [5.41, 5.74) is 2.21. The van der Waals surface area contributed by atoms with Crippen LogP contribution in [0, 0.1) is 0 Å². The van der Waals surface area contributed by atoms with Crippen molar-refractivity contribution in [3.8, 4) is 0 Å². The molecule has 0 saturated heterocycles. The first kappa shape index (κ1) is 17.7. The topological polar surface area (TPSA) is 79.8 Å². The number of thiophene rings is 1. The summed E-state index contributed by atoms with van der Waals surface area (Å²) in [6.45, 7) is 3.61. The van der Waals surface area contributed by atoms with Crippen LogP contribution in [0.5, 0.6) is 0 Å². The van der Waals surface area contributed by atoms with Crippen LogP contribution >= 0.6 is 11.3 Å². The van der Waals surface area contributed by atoms with E-state index in [9.17, 15) is 9.59 Å². The molecule has 0 unspecified atom stereocenters.